The van der Waals surface area contributed by atoms with E-state index in [1.165, 1.54) is 44.9 Å². The molecule has 0 amide bonds. The number of hydrogen-bond acceptors (Lipinski definition) is 4. The fourth-order valence-corrected chi connectivity index (χ4v) is 8.56. The van der Waals surface area contributed by atoms with E-state index in [0.29, 0.717) is 35.5 Å². The Kier molecular flexibility index (Phi) is 6.60. The Morgan fingerprint density at radius 2 is 1.68 bits per heavy atom. The van der Waals surface area contributed by atoms with Crippen molar-refractivity contribution in [1.29, 1.82) is 0 Å². The van der Waals surface area contributed by atoms with Crippen molar-refractivity contribution < 1.29 is 9.53 Å². The number of carbonyl (C=O) groups excluding carboxylic acids is 1. The molecule has 5 unspecified atom stereocenters. The third-order valence-electron chi connectivity index (χ3n) is 10.4. The third-order valence-corrected chi connectivity index (χ3v) is 10.4. The minimum atomic E-state index is 0.0913. The van der Waals surface area contributed by atoms with Crippen LogP contribution in [0.2, 0.25) is 0 Å². The van der Waals surface area contributed by atoms with Gasteiger partial charge in [-0.05, 0) is 85.2 Å². The molecule has 0 radical (unpaired) electrons. The van der Waals surface area contributed by atoms with Gasteiger partial charge in [0.05, 0.1) is 6.61 Å². The normalized spacial score (nSPS) is 38.5. The number of carbonyl (C=O) groups is 1. The fourth-order valence-electron chi connectivity index (χ4n) is 8.56. The maximum absolute atomic E-state index is 13.7. The van der Waals surface area contributed by atoms with Crippen LogP contribution in [0.25, 0.3) is 11.0 Å². The van der Waals surface area contributed by atoms with Crippen LogP contribution in [0.3, 0.4) is 0 Å². The number of rotatable bonds is 6. The first-order chi connectivity index (χ1) is 16.4. The summed E-state index contributed by atoms with van der Waals surface area (Å²) in [6, 6.07) is 7.87. The van der Waals surface area contributed by atoms with E-state index in [-0.39, 0.29) is 11.3 Å². The van der Waals surface area contributed by atoms with Gasteiger partial charge in [-0.1, -0.05) is 52.2 Å². The zero-order valence-electron chi connectivity index (χ0n) is 21.6. The molecule has 3 aliphatic carbocycles. The summed E-state index contributed by atoms with van der Waals surface area (Å²) in [5, 5.41) is 9.14. The third kappa shape index (κ3) is 4.12. The van der Waals surface area contributed by atoms with E-state index in [9.17, 15) is 4.79 Å². The van der Waals surface area contributed by atoms with Crippen LogP contribution in [0.5, 0.6) is 0 Å². The summed E-state index contributed by atoms with van der Waals surface area (Å²) in [6.45, 7) is 8.55. The zero-order valence-corrected chi connectivity index (χ0v) is 21.6. The van der Waals surface area contributed by atoms with Crippen LogP contribution in [0.15, 0.2) is 24.3 Å². The molecule has 3 aliphatic rings. The highest BCUT2D eigenvalue weighted by Gasteiger charge is 2.56. The Labute approximate surface area is 205 Å². The van der Waals surface area contributed by atoms with Crippen molar-refractivity contribution >= 4 is 16.8 Å². The van der Waals surface area contributed by atoms with Gasteiger partial charge in [-0.15, -0.1) is 0 Å². The van der Waals surface area contributed by atoms with E-state index in [4.69, 9.17) is 4.74 Å². The van der Waals surface area contributed by atoms with Crippen LogP contribution in [0.1, 0.15) is 78.6 Å². The van der Waals surface area contributed by atoms with Gasteiger partial charge in [-0.3, -0.25) is 4.79 Å². The van der Waals surface area contributed by atoms with Gasteiger partial charge in [0.25, 0.3) is 0 Å². The minimum absolute atomic E-state index is 0.0913. The summed E-state index contributed by atoms with van der Waals surface area (Å²) < 4.78 is 5.86. The van der Waals surface area contributed by atoms with E-state index in [2.05, 4.69) is 31.0 Å². The molecule has 0 bridgehead atoms. The highest BCUT2D eigenvalue weighted by molar-refractivity contribution is 5.82. The van der Waals surface area contributed by atoms with Crippen LogP contribution in [0.4, 0.5) is 0 Å². The second kappa shape index (κ2) is 9.37. The average Bonchev–Trinajstić information content (AvgIpc) is 3.23. The Hall–Kier alpha value is -1.75. The van der Waals surface area contributed by atoms with Crippen LogP contribution >= 0.6 is 0 Å². The molecule has 0 saturated heterocycles. The molecule has 186 valence electrons. The lowest BCUT2D eigenvalue weighted by Gasteiger charge is -2.59. The summed E-state index contributed by atoms with van der Waals surface area (Å²) in [5.41, 5.74) is 2.15. The molecule has 3 saturated carbocycles. The second-order valence-electron chi connectivity index (χ2n) is 12.3. The van der Waals surface area contributed by atoms with Crippen LogP contribution in [-0.4, -0.2) is 34.5 Å². The minimum Gasteiger partial charge on any atom is -0.384 e. The summed E-state index contributed by atoms with van der Waals surface area (Å²) in [7, 11) is 1.89. The van der Waals surface area contributed by atoms with E-state index < -0.39 is 0 Å². The molecule has 1 aromatic carbocycles. The lowest BCUT2D eigenvalue weighted by atomic mass is 9.46. The molecule has 1 heterocycles. The molecule has 34 heavy (non-hydrogen) atoms. The Morgan fingerprint density at radius 1 is 1.00 bits per heavy atom. The van der Waals surface area contributed by atoms with Crippen LogP contribution in [0, 0.1) is 40.4 Å². The SMILES string of the molecule is COCC1(C2CCC3(C)C(C(=O)Cn4nc5ccccc5n4)CCCC3C2C)CCC(C)CC1. The van der Waals surface area contributed by atoms with E-state index >= 15 is 0 Å². The number of aromatic nitrogens is 3. The lowest BCUT2D eigenvalue weighted by molar-refractivity contribution is -0.145. The number of ketones is 1. The van der Waals surface area contributed by atoms with E-state index in [1.807, 2.05) is 31.4 Å². The topological polar surface area (TPSA) is 57.0 Å². The van der Waals surface area contributed by atoms with Crippen molar-refractivity contribution in [2.45, 2.75) is 85.1 Å². The van der Waals surface area contributed by atoms with Gasteiger partial charge >= 0.3 is 0 Å². The van der Waals surface area contributed by atoms with E-state index in [1.54, 1.807) is 4.80 Å². The first kappa shape index (κ1) is 24.0. The zero-order chi connectivity index (χ0) is 23.9. The van der Waals surface area contributed by atoms with Crippen molar-refractivity contribution in [3.8, 4) is 0 Å². The smallest absolute Gasteiger partial charge is 0.159 e. The predicted molar refractivity (Wildman–Crippen MR) is 135 cm³/mol. The van der Waals surface area contributed by atoms with Crippen molar-refractivity contribution in [1.82, 2.24) is 15.0 Å². The summed E-state index contributed by atoms with van der Waals surface area (Å²) >= 11 is 0. The molecular weight excluding hydrogens is 422 g/mol. The number of Topliss-reactive ketones (excluding diaryl/α,β-unsaturated/α-hetero) is 1. The Bertz CT molecular complexity index is 975. The second-order valence-corrected chi connectivity index (χ2v) is 12.3. The monoisotopic (exact) mass is 465 g/mol. The molecule has 0 spiro atoms. The van der Waals surface area contributed by atoms with Crippen molar-refractivity contribution in [2.24, 2.45) is 40.4 Å². The Balaban J connectivity index is 1.35. The van der Waals surface area contributed by atoms with Gasteiger partial charge in [0.15, 0.2) is 5.78 Å². The molecule has 5 nitrogen and oxygen atoms in total. The highest BCUT2D eigenvalue weighted by Crippen LogP contribution is 2.62. The molecule has 5 atom stereocenters. The molecule has 2 aromatic rings. The first-order valence-corrected chi connectivity index (χ1v) is 13.7. The van der Waals surface area contributed by atoms with Crippen LogP contribution < -0.4 is 0 Å². The first-order valence-electron chi connectivity index (χ1n) is 13.7. The standard InChI is InChI=1S/C29H43N3O2/c1-20-12-16-29(17-13-20,19-34-4)23-14-15-28(3)22(21(23)2)8-7-9-24(28)27(33)18-32-30-25-10-5-6-11-26(25)31-32/h5-6,10-11,20-24H,7-9,12-19H2,1-4H3. The number of ether oxygens (including phenoxy) is 1. The molecule has 0 aliphatic heterocycles. The number of methoxy groups -OCH3 is 1. The number of benzene rings is 1. The lowest BCUT2D eigenvalue weighted by Crippen LogP contribution is -2.54. The van der Waals surface area contributed by atoms with Gasteiger partial charge < -0.3 is 4.74 Å². The van der Waals surface area contributed by atoms with Gasteiger partial charge in [-0.2, -0.15) is 15.0 Å². The largest absolute Gasteiger partial charge is 0.384 e. The molecule has 5 rings (SSSR count). The summed E-state index contributed by atoms with van der Waals surface area (Å²) in [5.74, 6) is 3.27. The van der Waals surface area contributed by atoms with Gasteiger partial charge in [0.2, 0.25) is 0 Å². The summed E-state index contributed by atoms with van der Waals surface area (Å²) in [4.78, 5) is 15.3. The number of fused-ring (bicyclic) bond motifs is 2. The molecule has 5 heteroatoms. The molecule has 1 aromatic heterocycles. The highest BCUT2D eigenvalue weighted by atomic mass is 16.5. The predicted octanol–water partition coefficient (Wildman–Crippen LogP) is 6.31. The van der Waals surface area contributed by atoms with Gasteiger partial charge in [0, 0.05) is 13.0 Å². The number of hydrogen-bond donors (Lipinski definition) is 0. The fraction of sp³-hybridized carbons (Fsp3) is 0.759. The Morgan fingerprint density at radius 3 is 2.32 bits per heavy atom. The summed E-state index contributed by atoms with van der Waals surface area (Å²) in [6.07, 6.45) is 11.1. The van der Waals surface area contributed by atoms with Crippen molar-refractivity contribution in [2.75, 3.05) is 13.7 Å². The van der Waals surface area contributed by atoms with Crippen molar-refractivity contribution in [3.05, 3.63) is 24.3 Å². The quantitative estimate of drug-likeness (QED) is 0.501. The van der Waals surface area contributed by atoms with Crippen molar-refractivity contribution in [3.63, 3.8) is 0 Å². The van der Waals surface area contributed by atoms with Crippen LogP contribution in [-0.2, 0) is 16.1 Å². The van der Waals surface area contributed by atoms with E-state index in [0.717, 1.165) is 36.4 Å². The maximum Gasteiger partial charge on any atom is 0.159 e. The average molecular weight is 466 g/mol. The molecular formula is C29H43N3O2. The van der Waals surface area contributed by atoms with Gasteiger partial charge in [0.1, 0.15) is 17.6 Å². The number of nitrogens with zero attached hydrogens (tertiary/aromatic N) is 3. The van der Waals surface area contributed by atoms with Gasteiger partial charge in [-0.25, -0.2) is 0 Å². The maximum atomic E-state index is 13.7. The molecule has 3 fully saturated rings. The molecule has 0 N–H and O–H groups in total.